The van der Waals surface area contributed by atoms with Crippen molar-refractivity contribution in [1.29, 1.82) is 0 Å². The van der Waals surface area contributed by atoms with Crippen LogP contribution in [0.3, 0.4) is 0 Å². The van der Waals surface area contributed by atoms with Gasteiger partial charge in [0.25, 0.3) is 5.91 Å². The molecule has 144 valence electrons. The fraction of sp³-hybridized carbons (Fsp3) is 0.318. The van der Waals surface area contributed by atoms with Gasteiger partial charge in [-0.3, -0.25) is 4.79 Å². The zero-order chi connectivity index (χ0) is 19.5. The Kier molecular flexibility index (Phi) is 5.10. The molecule has 1 aromatic heterocycles. The lowest BCUT2D eigenvalue weighted by molar-refractivity contribution is 0.0695. The first kappa shape index (κ1) is 18.2. The van der Waals surface area contributed by atoms with E-state index < -0.39 is 0 Å². The molecule has 1 atom stereocenters. The Hall–Kier alpha value is -3.15. The molecule has 0 aliphatic carbocycles. The van der Waals surface area contributed by atoms with Crippen molar-refractivity contribution < 1.29 is 14.1 Å². The van der Waals surface area contributed by atoms with Gasteiger partial charge in [-0.2, -0.15) is 4.98 Å². The van der Waals surface area contributed by atoms with Crippen LogP contribution in [0.5, 0.6) is 5.75 Å². The first-order valence-electron chi connectivity index (χ1n) is 9.48. The fourth-order valence-corrected chi connectivity index (χ4v) is 3.50. The second kappa shape index (κ2) is 7.84. The summed E-state index contributed by atoms with van der Waals surface area (Å²) in [6.45, 7) is 3.36. The van der Waals surface area contributed by atoms with Crippen LogP contribution in [-0.2, 0) is 0 Å². The van der Waals surface area contributed by atoms with Gasteiger partial charge >= 0.3 is 0 Å². The van der Waals surface area contributed by atoms with Gasteiger partial charge in [0.15, 0.2) is 0 Å². The first-order valence-corrected chi connectivity index (χ1v) is 9.48. The second-order valence-corrected chi connectivity index (χ2v) is 7.14. The third kappa shape index (κ3) is 3.76. The number of likely N-dealkylation sites (tertiary alicyclic amines) is 1. The van der Waals surface area contributed by atoms with Crippen molar-refractivity contribution in [2.75, 3.05) is 20.2 Å². The van der Waals surface area contributed by atoms with E-state index >= 15 is 0 Å². The molecular weight excluding hydrogens is 354 g/mol. The van der Waals surface area contributed by atoms with E-state index in [1.54, 1.807) is 7.11 Å². The Bertz CT molecular complexity index is 948. The summed E-state index contributed by atoms with van der Waals surface area (Å²) < 4.78 is 10.7. The predicted octanol–water partition coefficient (Wildman–Crippen LogP) is 4.07. The van der Waals surface area contributed by atoms with Crippen LogP contribution < -0.4 is 4.74 Å². The van der Waals surface area contributed by atoms with Gasteiger partial charge in [0.2, 0.25) is 11.7 Å². The molecule has 2 aromatic carbocycles. The number of aromatic nitrogens is 2. The molecule has 1 aliphatic rings. The van der Waals surface area contributed by atoms with Gasteiger partial charge in [-0.25, -0.2) is 0 Å². The Morgan fingerprint density at radius 2 is 1.89 bits per heavy atom. The second-order valence-electron chi connectivity index (χ2n) is 7.14. The summed E-state index contributed by atoms with van der Waals surface area (Å²) in [7, 11) is 1.63. The number of carbonyl (C=O) groups is 1. The molecule has 3 aromatic rings. The Morgan fingerprint density at radius 3 is 2.61 bits per heavy atom. The monoisotopic (exact) mass is 377 g/mol. The van der Waals surface area contributed by atoms with Crippen LogP contribution in [0.1, 0.15) is 40.6 Å². The van der Waals surface area contributed by atoms with Crippen LogP contribution in [0.25, 0.3) is 11.4 Å². The maximum atomic E-state index is 12.8. The van der Waals surface area contributed by atoms with Crippen LogP contribution in [0.15, 0.2) is 53.1 Å². The molecule has 28 heavy (non-hydrogen) atoms. The number of ether oxygens (including phenoxy) is 1. The number of nitrogens with zero attached hydrogens (tertiary/aromatic N) is 3. The van der Waals surface area contributed by atoms with Gasteiger partial charge in [-0.1, -0.05) is 22.9 Å². The highest BCUT2D eigenvalue weighted by atomic mass is 16.5. The van der Waals surface area contributed by atoms with E-state index in [0.29, 0.717) is 18.3 Å². The largest absolute Gasteiger partial charge is 0.497 e. The highest BCUT2D eigenvalue weighted by Gasteiger charge is 2.29. The van der Waals surface area contributed by atoms with Crippen LogP contribution in [0, 0.1) is 6.92 Å². The number of hydrogen-bond donors (Lipinski definition) is 0. The molecule has 6 nitrogen and oxygen atoms in total. The lowest BCUT2D eigenvalue weighted by Gasteiger charge is -2.31. The minimum atomic E-state index is 0.0552. The standard InChI is InChI=1S/C22H23N3O3/c1-15-5-7-17(8-6-15)22(26)25-13-3-4-18(14-25)21-23-20(24-28-21)16-9-11-19(27-2)12-10-16/h5-12,18H,3-4,13-14H2,1-2H3/t18-/m1/s1. The van der Waals surface area contributed by atoms with E-state index in [4.69, 9.17) is 9.26 Å². The number of piperidine rings is 1. The molecule has 1 aliphatic heterocycles. The lowest BCUT2D eigenvalue weighted by atomic mass is 9.97. The lowest BCUT2D eigenvalue weighted by Crippen LogP contribution is -2.39. The molecule has 1 amide bonds. The predicted molar refractivity (Wildman–Crippen MR) is 105 cm³/mol. The van der Waals surface area contributed by atoms with Gasteiger partial charge in [-0.05, 0) is 56.2 Å². The van der Waals surface area contributed by atoms with Gasteiger partial charge in [-0.15, -0.1) is 0 Å². The maximum Gasteiger partial charge on any atom is 0.253 e. The van der Waals surface area contributed by atoms with Crippen molar-refractivity contribution >= 4 is 5.91 Å². The van der Waals surface area contributed by atoms with E-state index in [1.807, 2.05) is 60.4 Å². The van der Waals surface area contributed by atoms with Gasteiger partial charge < -0.3 is 14.2 Å². The van der Waals surface area contributed by atoms with Crippen molar-refractivity contribution in [3.05, 3.63) is 65.5 Å². The molecule has 0 spiro atoms. The van der Waals surface area contributed by atoms with Crippen molar-refractivity contribution in [2.45, 2.75) is 25.7 Å². The summed E-state index contributed by atoms with van der Waals surface area (Å²) in [5.74, 6) is 2.04. The smallest absolute Gasteiger partial charge is 0.253 e. The average molecular weight is 377 g/mol. The molecule has 4 rings (SSSR count). The van der Waals surface area contributed by atoms with E-state index in [9.17, 15) is 4.79 Å². The van der Waals surface area contributed by atoms with E-state index in [1.165, 1.54) is 0 Å². The van der Waals surface area contributed by atoms with Crippen molar-refractivity contribution in [3.8, 4) is 17.1 Å². The highest BCUT2D eigenvalue weighted by molar-refractivity contribution is 5.94. The normalized spacial score (nSPS) is 16.8. The maximum absolute atomic E-state index is 12.8. The van der Waals surface area contributed by atoms with Crippen molar-refractivity contribution in [2.24, 2.45) is 0 Å². The van der Waals surface area contributed by atoms with Crippen molar-refractivity contribution in [3.63, 3.8) is 0 Å². The summed E-state index contributed by atoms with van der Waals surface area (Å²) in [5, 5.41) is 4.12. The van der Waals surface area contributed by atoms with E-state index in [2.05, 4.69) is 10.1 Å². The van der Waals surface area contributed by atoms with Gasteiger partial charge in [0.05, 0.1) is 13.0 Å². The Labute approximate surface area is 164 Å². The molecular formula is C22H23N3O3. The fourth-order valence-electron chi connectivity index (χ4n) is 3.50. The van der Waals surface area contributed by atoms with Crippen LogP contribution >= 0.6 is 0 Å². The summed E-state index contributed by atoms with van der Waals surface area (Å²) in [5.41, 5.74) is 2.74. The number of rotatable bonds is 4. The van der Waals surface area contributed by atoms with E-state index in [0.717, 1.165) is 41.8 Å². The Morgan fingerprint density at radius 1 is 1.14 bits per heavy atom. The zero-order valence-corrected chi connectivity index (χ0v) is 16.1. The van der Waals surface area contributed by atoms with Gasteiger partial charge in [0, 0.05) is 24.2 Å². The molecule has 0 radical (unpaired) electrons. The van der Waals surface area contributed by atoms with Crippen LogP contribution in [0.2, 0.25) is 0 Å². The van der Waals surface area contributed by atoms with Crippen molar-refractivity contribution in [1.82, 2.24) is 15.0 Å². The van der Waals surface area contributed by atoms with Crippen LogP contribution in [-0.4, -0.2) is 41.1 Å². The zero-order valence-electron chi connectivity index (χ0n) is 16.1. The summed E-state index contributed by atoms with van der Waals surface area (Å²) in [6, 6.07) is 15.2. The number of aryl methyl sites for hydroxylation is 1. The third-order valence-corrected chi connectivity index (χ3v) is 5.15. The molecule has 0 N–H and O–H groups in total. The SMILES string of the molecule is COc1ccc(-c2noc([C@@H]3CCCN(C(=O)c4ccc(C)cc4)C3)n2)cc1. The summed E-state index contributed by atoms with van der Waals surface area (Å²) in [6.07, 6.45) is 1.85. The first-order chi connectivity index (χ1) is 13.6. The number of hydrogen-bond acceptors (Lipinski definition) is 5. The highest BCUT2D eigenvalue weighted by Crippen LogP contribution is 2.29. The quantitative estimate of drug-likeness (QED) is 0.685. The third-order valence-electron chi connectivity index (χ3n) is 5.15. The number of methoxy groups -OCH3 is 1. The Balaban J connectivity index is 1.48. The molecule has 0 saturated carbocycles. The van der Waals surface area contributed by atoms with E-state index in [-0.39, 0.29) is 11.8 Å². The molecule has 6 heteroatoms. The van der Waals surface area contributed by atoms with Crippen LogP contribution in [0.4, 0.5) is 0 Å². The molecule has 2 heterocycles. The molecule has 1 fully saturated rings. The molecule has 1 saturated heterocycles. The summed E-state index contributed by atoms with van der Waals surface area (Å²) >= 11 is 0. The minimum absolute atomic E-state index is 0.0552. The topological polar surface area (TPSA) is 68.5 Å². The average Bonchev–Trinajstić information content (AvgIpc) is 3.24. The summed E-state index contributed by atoms with van der Waals surface area (Å²) in [4.78, 5) is 19.3. The minimum Gasteiger partial charge on any atom is -0.497 e. The number of benzene rings is 2. The number of amides is 1. The number of carbonyl (C=O) groups excluding carboxylic acids is 1. The molecule has 0 bridgehead atoms. The van der Waals surface area contributed by atoms with Gasteiger partial charge in [0.1, 0.15) is 5.75 Å². The molecule has 0 unspecified atom stereocenters.